The minimum atomic E-state index is 0.0409. The molecule has 0 spiro atoms. The summed E-state index contributed by atoms with van der Waals surface area (Å²) in [7, 11) is 0. The van der Waals surface area contributed by atoms with Gasteiger partial charge in [-0.3, -0.25) is 4.79 Å². The summed E-state index contributed by atoms with van der Waals surface area (Å²) in [6.45, 7) is 2.11. The Hall–Kier alpha value is -1.83. The van der Waals surface area contributed by atoms with Crippen LogP contribution in [0.1, 0.15) is 89.5 Å². The molecule has 1 rings (SSSR count). The Morgan fingerprint density at radius 1 is 0.885 bits per heavy atom. The Kier molecular flexibility index (Phi) is 10.5. The van der Waals surface area contributed by atoms with Gasteiger partial charge < -0.3 is 5.32 Å². The molecule has 26 heavy (non-hydrogen) atoms. The van der Waals surface area contributed by atoms with Crippen LogP contribution in [0.15, 0.2) is 54.5 Å². The molecule has 2 nitrogen and oxygen atoms in total. The molecule has 0 aliphatic rings. The van der Waals surface area contributed by atoms with Crippen molar-refractivity contribution in [2.45, 2.75) is 84.0 Å². The molecule has 0 unspecified atom stereocenters. The van der Waals surface area contributed by atoms with Gasteiger partial charge in [-0.1, -0.05) is 81.4 Å². The number of amides is 1. The van der Waals surface area contributed by atoms with Gasteiger partial charge >= 0.3 is 0 Å². The lowest BCUT2D eigenvalue weighted by molar-refractivity contribution is -0.116. The van der Waals surface area contributed by atoms with Gasteiger partial charge in [-0.25, -0.2) is 0 Å². The predicted octanol–water partition coefficient (Wildman–Crippen LogP) is 7.44. The van der Waals surface area contributed by atoms with Crippen molar-refractivity contribution in [1.82, 2.24) is 0 Å². The molecule has 1 aromatic rings. The van der Waals surface area contributed by atoms with Crippen molar-refractivity contribution in [1.29, 1.82) is 0 Å². The Bertz CT molecular complexity index is 686. The van der Waals surface area contributed by atoms with Crippen molar-refractivity contribution in [3.63, 3.8) is 0 Å². The maximum absolute atomic E-state index is 11.9. The highest BCUT2D eigenvalue weighted by Gasteiger charge is 2.01. The smallest absolute Gasteiger partial charge is 0.224 e. The molecule has 0 aromatic heterocycles. The van der Waals surface area contributed by atoms with E-state index in [0.717, 1.165) is 57.1 Å². The Morgan fingerprint density at radius 3 is 2.19 bits per heavy atom. The molecular formula is C24H37NO. The summed E-state index contributed by atoms with van der Waals surface area (Å²) < 4.78 is 31.9. The van der Waals surface area contributed by atoms with Crippen LogP contribution >= 0.6 is 0 Å². The predicted molar refractivity (Wildman–Crippen MR) is 114 cm³/mol. The maximum Gasteiger partial charge on any atom is 0.224 e. The second-order valence-electron chi connectivity index (χ2n) is 6.52. The van der Waals surface area contributed by atoms with Crippen molar-refractivity contribution in [2.24, 2.45) is 0 Å². The van der Waals surface area contributed by atoms with E-state index in [-0.39, 0.29) is 30.5 Å². The van der Waals surface area contributed by atoms with Gasteiger partial charge in [-0.2, -0.15) is 0 Å². The zero-order chi connectivity index (χ0) is 22.2. The van der Waals surface area contributed by atoms with E-state index >= 15 is 0 Å². The van der Waals surface area contributed by atoms with E-state index in [0.29, 0.717) is 25.3 Å². The number of carbonyl (C=O) groups is 1. The fourth-order valence-corrected chi connectivity index (χ4v) is 2.58. The maximum atomic E-state index is 11.9. The van der Waals surface area contributed by atoms with E-state index < -0.39 is 0 Å². The van der Waals surface area contributed by atoms with Gasteiger partial charge in [0, 0.05) is 12.1 Å². The highest BCUT2D eigenvalue weighted by atomic mass is 16.2. The van der Waals surface area contributed by atoms with Crippen LogP contribution in [0.5, 0.6) is 0 Å². The third-order valence-electron chi connectivity index (χ3n) is 4.10. The second-order valence-corrected chi connectivity index (χ2v) is 6.52. The molecule has 144 valence electrons. The fraction of sp³-hybridized carbons (Fsp3) is 0.542. The average Bonchev–Trinajstić information content (AvgIpc) is 2.73. The van der Waals surface area contributed by atoms with Crippen molar-refractivity contribution in [3.8, 4) is 0 Å². The largest absolute Gasteiger partial charge is 0.326 e. The van der Waals surface area contributed by atoms with Gasteiger partial charge in [0.25, 0.3) is 0 Å². The zero-order valence-electron chi connectivity index (χ0n) is 20.3. The van der Waals surface area contributed by atoms with E-state index in [9.17, 15) is 4.79 Å². The number of allylic oxidation sites excluding steroid dienone is 4. The summed E-state index contributed by atoms with van der Waals surface area (Å²) in [5.41, 5.74) is 0.827. The number of anilines is 1. The Balaban J connectivity index is 2.17. The van der Waals surface area contributed by atoms with Crippen molar-refractivity contribution in [2.75, 3.05) is 5.32 Å². The molecule has 1 amide bonds. The molecule has 0 bridgehead atoms. The standard InChI is InChI=1S/C24H37NO/c1-2-3-4-5-6-7-8-9-10-11-12-13-14-15-19-22-24(26)25-23-20-17-16-18-21-23/h6-7,9-10,16-18,20-21H,2-5,8,11-15,19,22H2,1H3,(H,25,26)/b7-6-,10-9-/i6T,7T,9T,10T,16+2,17+2,18+2,20+2,21+2,23+2. The molecule has 2 heteroatoms. The lowest BCUT2D eigenvalue weighted by Gasteiger charge is -2.04. The average molecular weight is 376 g/mol. The normalized spacial score (nSPS) is 15.1. The SMILES string of the molecule is [3H]/C(CCCCC)=C(\[3H])C/C([3H])=C(/[3H])CCCCCCCC(=O)N[14c]1[14cH][14cH][14cH][14cH][14cH]1. The molecule has 1 N–H and O–H groups in total. The number of carbonyl (C=O) groups excluding carboxylic acids is 1. The summed E-state index contributed by atoms with van der Waals surface area (Å²) in [6.07, 6.45) is 9.47. The van der Waals surface area contributed by atoms with Gasteiger partial charge in [0.15, 0.2) is 0 Å². The fourth-order valence-electron chi connectivity index (χ4n) is 2.58. The van der Waals surface area contributed by atoms with Gasteiger partial charge in [-0.05, 0) is 50.7 Å². The highest BCUT2D eigenvalue weighted by Crippen LogP contribution is 2.10. The van der Waals surface area contributed by atoms with Crippen LogP contribution in [-0.4, -0.2) is 5.91 Å². The second kappa shape index (κ2) is 16.6. The first-order valence-electron chi connectivity index (χ1n) is 12.1. The highest BCUT2D eigenvalue weighted by molar-refractivity contribution is 5.90. The Morgan fingerprint density at radius 2 is 1.50 bits per heavy atom. The van der Waals surface area contributed by atoms with E-state index in [1.807, 2.05) is 30.3 Å². The topological polar surface area (TPSA) is 29.1 Å². The minimum absolute atomic E-state index is 0.0409. The molecule has 0 fully saturated rings. The number of para-hydroxylation sites is 1. The molecular weight excluding hydrogens is 330 g/mol. The first-order valence-corrected chi connectivity index (χ1v) is 10.1. The molecule has 0 aliphatic heterocycles. The van der Waals surface area contributed by atoms with E-state index in [1.165, 1.54) is 0 Å². The van der Waals surface area contributed by atoms with Crippen LogP contribution in [0.4, 0.5) is 5.69 Å². The van der Waals surface area contributed by atoms with Crippen LogP contribution in [0, 0.1) is 0 Å². The van der Waals surface area contributed by atoms with E-state index in [2.05, 4.69) is 12.2 Å². The quantitative estimate of drug-likeness (QED) is 0.250. The number of benzene rings is 1. The first-order chi connectivity index (χ1) is 14.4. The number of hydrogen-bond acceptors (Lipinski definition) is 1. The number of hydrogen-bond donors (Lipinski definition) is 1. The van der Waals surface area contributed by atoms with Crippen molar-refractivity contribution >= 4 is 11.6 Å². The van der Waals surface area contributed by atoms with Gasteiger partial charge in [0.05, 0.1) is 5.48 Å². The summed E-state index contributed by atoms with van der Waals surface area (Å²) in [5, 5.41) is 2.89. The van der Waals surface area contributed by atoms with E-state index in [1.54, 1.807) is 0 Å². The molecule has 0 saturated carbocycles. The lowest BCUT2D eigenvalue weighted by atomic mass is 10.1. The first kappa shape index (κ1) is 16.4. The molecule has 0 aliphatic carbocycles. The number of unbranched alkanes of at least 4 members (excludes halogenated alkanes) is 6. The van der Waals surface area contributed by atoms with Crippen LogP contribution in [-0.2, 0) is 4.79 Å². The number of nitrogens with one attached hydrogen (secondary N) is 1. The van der Waals surface area contributed by atoms with Crippen LogP contribution in [0.25, 0.3) is 0 Å². The van der Waals surface area contributed by atoms with Gasteiger partial charge in [0.1, 0.15) is 0 Å². The molecule has 1 aromatic carbocycles. The third-order valence-corrected chi connectivity index (χ3v) is 4.10. The molecule has 0 heterocycles. The van der Waals surface area contributed by atoms with Gasteiger partial charge in [-0.15, -0.1) is 0 Å². The molecule has 0 atom stereocenters. The van der Waals surface area contributed by atoms with E-state index in [4.69, 9.17) is 5.48 Å². The van der Waals surface area contributed by atoms with Crippen LogP contribution in [0.3, 0.4) is 0 Å². The zero-order valence-corrected chi connectivity index (χ0v) is 16.3. The van der Waals surface area contributed by atoms with Crippen molar-refractivity contribution in [3.05, 3.63) is 54.5 Å². The summed E-state index contributed by atoms with van der Waals surface area (Å²) in [4.78, 5) is 11.9. The van der Waals surface area contributed by atoms with Crippen LogP contribution < -0.4 is 5.32 Å². The van der Waals surface area contributed by atoms with Gasteiger partial charge in [0.2, 0.25) is 5.91 Å². The monoisotopic (exact) mass is 375 g/mol. The summed E-state index contributed by atoms with van der Waals surface area (Å²) in [5.74, 6) is 0.0409. The molecule has 0 saturated heterocycles. The third kappa shape index (κ3) is 13.5. The van der Waals surface area contributed by atoms with Crippen molar-refractivity contribution < 1.29 is 10.3 Å². The minimum Gasteiger partial charge on any atom is -0.326 e. The summed E-state index contributed by atoms with van der Waals surface area (Å²) >= 11 is 0. The molecule has 0 radical (unpaired) electrons. The summed E-state index contributed by atoms with van der Waals surface area (Å²) in [6, 6.07) is 10.4. The van der Waals surface area contributed by atoms with Crippen LogP contribution in [0.2, 0.25) is 0 Å². The Labute approximate surface area is 166 Å². The lowest BCUT2D eigenvalue weighted by Crippen LogP contribution is -2.10. The number of rotatable bonds is 15.